The zero-order valence-corrected chi connectivity index (χ0v) is 20.8. The van der Waals surface area contributed by atoms with Crippen LogP contribution in [0, 0.1) is 6.92 Å². The van der Waals surface area contributed by atoms with Gasteiger partial charge in [-0.25, -0.2) is 9.97 Å². The second-order valence-corrected chi connectivity index (χ2v) is 10.3. The number of benzene rings is 3. The highest BCUT2D eigenvalue weighted by Crippen LogP contribution is 2.37. The van der Waals surface area contributed by atoms with E-state index in [4.69, 9.17) is 9.72 Å². The van der Waals surface area contributed by atoms with Crippen molar-refractivity contribution in [1.82, 2.24) is 14.5 Å². The molecule has 36 heavy (non-hydrogen) atoms. The van der Waals surface area contributed by atoms with Gasteiger partial charge in [0.25, 0.3) is 0 Å². The highest BCUT2D eigenvalue weighted by Gasteiger charge is 2.19. The third kappa shape index (κ3) is 3.73. The molecule has 3 heterocycles. The number of pyridine rings is 2. The fourth-order valence-corrected chi connectivity index (χ4v) is 4.66. The quantitative estimate of drug-likeness (QED) is 0.284. The maximum Gasteiger partial charge on any atom is 0.219 e. The number of phenols is 1. The van der Waals surface area contributed by atoms with Crippen LogP contribution in [0.5, 0.6) is 17.4 Å². The van der Waals surface area contributed by atoms with Crippen LogP contribution in [-0.4, -0.2) is 19.6 Å². The molecule has 5 nitrogen and oxygen atoms in total. The van der Waals surface area contributed by atoms with E-state index < -0.39 is 0 Å². The minimum atomic E-state index is 0.0427. The molecule has 0 amide bonds. The minimum Gasteiger partial charge on any atom is -0.506 e. The molecule has 0 unspecified atom stereocenters. The third-order valence-corrected chi connectivity index (χ3v) is 6.62. The Morgan fingerprint density at radius 3 is 2.47 bits per heavy atom. The molecule has 0 saturated carbocycles. The number of aryl methyl sites for hydroxylation is 1. The number of phenolic OH excluding ortho intramolecular Hbond substituents is 1. The van der Waals surface area contributed by atoms with E-state index in [1.807, 2.05) is 49.5 Å². The van der Waals surface area contributed by atoms with Crippen molar-refractivity contribution in [3.63, 3.8) is 0 Å². The van der Waals surface area contributed by atoms with Gasteiger partial charge in [-0.1, -0.05) is 45.0 Å². The number of rotatable bonds is 3. The van der Waals surface area contributed by atoms with E-state index in [0.717, 1.165) is 33.2 Å². The summed E-state index contributed by atoms with van der Waals surface area (Å²) in [6.07, 6.45) is 1.89. The third-order valence-electron chi connectivity index (χ3n) is 6.62. The molecule has 0 aliphatic heterocycles. The minimum absolute atomic E-state index is 0.0427. The topological polar surface area (TPSA) is 60.2 Å². The number of hydrogen-bond acceptors (Lipinski definition) is 4. The van der Waals surface area contributed by atoms with E-state index in [2.05, 4.69) is 60.7 Å². The van der Waals surface area contributed by atoms with Crippen LogP contribution in [0.3, 0.4) is 0 Å². The molecule has 0 aliphatic rings. The van der Waals surface area contributed by atoms with Crippen molar-refractivity contribution in [2.45, 2.75) is 33.1 Å². The molecule has 6 rings (SSSR count). The average molecular weight is 474 g/mol. The Hall–Kier alpha value is -4.38. The van der Waals surface area contributed by atoms with E-state index in [1.165, 1.54) is 10.9 Å². The fraction of sp³-hybridized carbons (Fsp3) is 0.161. The summed E-state index contributed by atoms with van der Waals surface area (Å²) in [5, 5.41) is 13.4. The predicted octanol–water partition coefficient (Wildman–Crippen LogP) is 7.83. The number of aromatic nitrogens is 3. The van der Waals surface area contributed by atoms with Crippen molar-refractivity contribution in [2.75, 3.05) is 0 Å². The maximum absolute atomic E-state index is 10.2. The second-order valence-electron chi connectivity index (χ2n) is 10.3. The molecule has 0 aliphatic carbocycles. The van der Waals surface area contributed by atoms with Crippen molar-refractivity contribution in [2.24, 2.45) is 0 Å². The van der Waals surface area contributed by atoms with E-state index in [-0.39, 0.29) is 11.2 Å². The van der Waals surface area contributed by atoms with E-state index in [9.17, 15) is 5.11 Å². The summed E-state index contributed by atoms with van der Waals surface area (Å²) in [4.78, 5) is 9.26. The predicted molar refractivity (Wildman–Crippen MR) is 145 cm³/mol. The lowest BCUT2D eigenvalue weighted by Gasteiger charge is -2.19. The summed E-state index contributed by atoms with van der Waals surface area (Å²) in [7, 11) is 0. The average Bonchev–Trinajstić information content (AvgIpc) is 3.17. The van der Waals surface area contributed by atoms with Gasteiger partial charge < -0.3 is 9.84 Å². The van der Waals surface area contributed by atoms with E-state index in [1.54, 1.807) is 12.1 Å². The molecular weight excluding hydrogens is 446 g/mol. The van der Waals surface area contributed by atoms with Crippen LogP contribution in [0.2, 0.25) is 0 Å². The summed E-state index contributed by atoms with van der Waals surface area (Å²) in [5.74, 6) is 2.08. The van der Waals surface area contributed by atoms with E-state index >= 15 is 0 Å². The first-order valence-corrected chi connectivity index (χ1v) is 12.1. The molecule has 0 radical (unpaired) electrons. The summed E-state index contributed by atoms with van der Waals surface area (Å²) in [5.41, 5.74) is 5.06. The number of ether oxygens (including phenoxy) is 1. The first kappa shape index (κ1) is 22.1. The van der Waals surface area contributed by atoms with Crippen LogP contribution in [0.15, 0.2) is 85.1 Å². The van der Waals surface area contributed by atoms with Gasteiger partial charge in [0.05, 0.1) is 11.0 Å². The molecule has 178 valence electrons. The highest BCUT2D eigenvalue weighted by molar-refractivity contribution is 6.09. The summed E-state index contributed by atoms with van der Waals surface area (Å²) >= 11 is 0. The molecule has 0 bridgehead atoms. The number of para-hydroxylation sites is 1. The van der Waals surface area contributed by atoms with Gasteiger partial charge >= 0.3 is 0 Å². The zero-order chi connectivity index (χ0) is 25.0. The molecule has 3 aromatic carbocycles. The molecule has 0 fully saturated rings. The smallest absolute Gasteiger partial charge is 0.219 e. The van der Waals surface area contributed by atoms with Crippen LogP contribution >= 0.6 is 0 Å². The van der Waals surface area contributed by atoms with Gasteiger partial charge in [0.15, 0.2) is 0 Å². The van der Waals surface area contributed by atoms with Crippen molar-refractivity contribution in [3.05, 3.63) is 96.2 Å². The van der Waals surface area contributed by atoms with Gasteiger partial charge in [-0.15, -0.1) is 0 Å². The molecule has 0 saturated heterocycles. The SMILES string of the molecule is Cc1ccc(-n2c3ccc(C(C)(C)C)cc3c3ccc(Oc4ccc5cccc(O)c5n4)cc32)nc1. The van der Waals surface area contributed by atoms with Gasteiger partial charge in [0.1, 0.15) is 22.8 Å². The lowest BCUT2D eigenvalue weighted by Crippen LogP contribution is -2.10. The number of aromatic hydroxyl groups is 1. The van der Waals surface area contributed by atoms with Gasteiger partial charge in [-0.3, -0.25) is 4.57 Å². The first-order chi connectivity index (χ1) is 17.3. The largest absolute Gasteiger partial charge is 0.506 e. The monoisotopic (exact) mass is 473 g/mol. The molecule has 3 aromatic heterocycles. The number of fused-ring (bicyclic) bond motifs is 4. The first-order valence-electron chi connectivity index (χ1n) is 12.1. The van der Waals surface area contributed by atoms with Crippen LogP contribution in [0.25, 0.3) is 38.5 Å². The Labute approximate surface area is 209 Å². The maximum atomic E-state index is 10.2. The molecule has 1 N–H and O–H groups in total. The van der Waals surface area contributed by atoms with Gasteiger partial charge in [0, 0.05) is 34.5 Å². The second kappa shape index (κ2) is 8.09. The van der Waals surface area contributed by atoms with Crippen molar-refractivity contribution < 1.29 is 9.84 Å². The lowest BCUT2D eigenvalue weighted by molar-refractivity contribution is 0.460. The van der Waals surface area contributed by atoms with Gasteiger partial charge in [-0.2, -0.15) is 0 Å². The summed E-state index contributed by atoms with van der Waals surface area (Å²) in [6, 6.07) is 26.0. The highest BCUT2D eigenvalue weighted by atomic mass is 16.5. The standard InChI is InChI=1S/C31H27N3O2/c1-19-8-14-28(32-18-19)34-25-13-10-21(31(2,3)4)16-24(25)23-12-11-22(17-26(23)34)36-29-15-9-20-6-5-7-27(35)30(20)33-29/h5-18,35H,1-4H3. The lowest BCUT2D eigenvalue weighted by atomic mass is 9.86. The van der Waals surface area contributed by atoms with Crippen LogP contribution in [-0.2, 0) is 5.41 Å². The normalized spacial score (nSPS) is 12.0. The molecule has 6 aromatic rings. The Morgan fingerprint density at radius 1 is 0.833 bits per heavy atom. The Kier molecular flexibility index (Phi) is 4.97. The van der Waals surface area contributed by atoms with Crippen molar-refractivity contribution in [1.29, 1.82) is 0 Å². The van der Waals surface area contributed by atoms with Gasteiger partial charge in [0.2, 0.25) is 5.88 Å². The number of nitrogens with zero attached hydrogens (tertiary/aromatic N) is 3. The number of hydrogen-bond donors (Lipinski definition) is 1. The molecule has 0 spiro atoms. The van der Waals surface area contributed by atoms with Crippen LogP contribution in [0.1, 0.15) is 31.9 Å². The molecule has 0 atom stereocenters. The Balaban J connectivity index is 1.53. The summed E-state index contributed by atoms with van der Waals surface area (Å²) < 4.78 is 8.36. The van der Waals surface area contributed by atoms with Gasteiger partial charge in [-0.05, 0) is 65.9 Å². The van der Waals surface area contributed by atoms with Crippen molar-refractivity contribution in [3.8, 4) is 23.2 Å². The van der Waals surface area contributed by atoms with Crippen molar-refractivity contribution >= 4 is 32.7 Å². The Morgan fingerprint density at radius 2 is 1.69 bits per heavy atom. The van der Waals surface area contributed by atoms with Crippen LogP contribution < -0.4 is 4.74 Å². The molecule has 5 heteroatoms. The van der Waals surface area contributed by atoms with E-state index in [0.29, 0.717) is 17.1 Å². The zero-order valence-electron chi connectivity index (χ0n) is 20.8. The Bertz CT molecular complexity index is 1760. The fourth-order valence-electron chi connectivity index (χ4n) is 4.66. The van der Waals surface area contributed by atoms with Crippen LogP contribution in [0.4, 0.5) is 0 Å². The summed E-state index contributed by atoms with van der Waals surface area (Å²) in [6.45, 7) is 8.73. The molecular formula is C31H27N3O2.